The van der Waals surface area contributed by atoms with Crippen molar-refractivity contribution in [1.29, 1.82) is 0 Å². The fourth-order valence-electron chi connectivity index (χ4n) is 1.18. The average Bonchev–Trinajstić information content (AvgIpc) is 2.16. The van der Waals surface area contributed by atoms with Crippen LogP contribution in [-0.2, 0) is 4.74 Å². The molecule has 0 bridgehead atoms. The summed E-state index contributed by atoms with van der Waals surface area (Å²) in [5.41, 5.74) is 0. The summed E-state index contributed by atoms with van der Waals surface area (Å²) in [4.78, 5) is 2.40. The first-order valence-electron chi connectivity index (χ1n) is 5.35. The highest BCUT2D eigenvalue weighted by atomic mass is 16.5. The molecule has 0 aliphatic carbocycles. The minimum Gasteiger partial charge on any atom is -0.380 e. The Hall–Kier alpha value is -0.120. The van der Waals surface area contributed by atoms with E-state index < -0.39 is 0 Å². The minimum atomic E-state index is 0.824. The summed E-state index contributed by atoms with van der Waals surface area (Å²) in [6.45, 7) is 13.5. The molecule has 0 atom stereocenters. The third kappa shape index (κ3) is 8.22. The average molecular weight is 188 g/mol. The van der Waals surface area contributed by atoms with Crippen LogP contribution in [0.3, 0.4) is 0 Å². The van der Waals surface area contributed by atoms with Crippen LogP contribution in [0.2, 0.25) is 0 Å². The highest BCUT2D eigenvalue weighted by Gasteiger charge is 2.00. The van der Waals surface area contributed by atoms with Crippen molar-refractivity contribution in [1.82, 2.24) is 10.2 Å². The van der Waals surface area contributed by atoms with E-state index >= 15 is 0 Å². The lowest BCUT2D eigenvalue weighted by atomic mass is 10.4. The van der Waals surface area contributed by atoms with Gasteiger partial charge in [0.2, 0.25) is 0 Å². The number of likely N-dealkylation sites (N-methyl/N-ethyl adjacent to an activating group) is 2. The lowest BCUT2D eigenvalue weighted by molar-refractivity contribution is 0.115. The van der Waals surface area contributed by atoms with Gasteiger partial charge in [-0.25, -0.2) is 0 Å². The van der Waals surface area contributed by atoms with Gasteiger partial charge in [0, 0.05) is 26.2 Å². The van der Waals surface area contributed by atoms with E-state index in [1.807, 2.05) is 6.92 Å². The fraction of sp³-hybridized carbons (Fsp3) is 1.00. The molecule has 0 rings (SSSR count). The fourth-order valence-corrected chi connectivity index (χ4v) is 1.18. The first-order chi connectivity index (χ1) is 6.35. The first kappa shape index (κ1) is 12.9. The number of rotatable bonds is 9. The van der Waals surface area contributed by atoms with Gasteiger partial charge in [-0.05, 0) is 20.0 Å². The second-order valence-electron chi connectivity index (χ2n) is 2.98. The van der Waals surface area contributed by atoms with Crippen LogP contribution in [0.5, 0.6) is 0 Å². The first-order valence-corrected chi connectivity index (χ1v) is 5.35. The molecule has 80 valence electrons. The Kier molecular flexibility index (Phi) is 9.87. The van der Waals surface area contributed by atoms with Crippen LogP contribution in [0.15, 0.2) is 0 Å². The van der Waals surface area contributed by atoms with Crippen LogP contribution in [-0.4, -0.2) is 50.8 Å². The normalized spacial score (nSPS) is 11.1. The van der Waals surface area contributed by atoms with E-state index in [4.69, 9.17) is 4.74 Å². The van der Waals surface area contributed by atoms with Crippen molar-refractivity contribution in [2.24, 2.45) is 0 Å². The van der Waals surface area contributed by atoms with E-state index in [1.54, 1.807) is 0 Å². The SMILES string of the molecule is CCNCCN(CC)CCOCC. The Morgan fingerprint density at radius 1 is 1.15 bits per heavy atom. The van der Waals surface area contributed by atoms with E-state index in [-0.39, 0.29) is 0 Å². The number of ether oxygens (including phenoxy) is 1. The van der Waals surface area contributed by atoms with E-state index in [0.717, 1.165) is 45.9 Å². The molecule has 0 aromatic heterocycles. The largest absolute Gasteiger partial charge is 0.380 e. The molecule has 13 heavy (non-hydrogen) atoms. The van der Waals surface area contributed by atoms with Crippen LogP contribution >= 0.6 is 0 Å². The Bertz CT molecular complexity index is 88.9. The van der Waals surface area contributed by atoms with Gasteiger partial charge in [-0.2, -0.15) is 0 Å². The summed E-state index contributed by atoms with van der Waals surface area (Å²) in [7, 11) is 0. The highest BCUT2D eigenvalue weighted by molar-refractivity contribution is 4.56. The Morgan fingerprint density at radius 3 is 2.46 bits per heavy atom. The Labute approximate surface area is 82.4 Å². The molecule has 0 radical (unpaired) electrons. The molecule has 1 N–H and O–H groups in total. The van der Waals surface area contributed by atoms with Gasteiger partial charge >= 0.3 is 0 Å². The van der Waals surface area contributed by atoms with Crippen molar-refractivity contribution in [3.8, 4) is 0 Å². The van der Waals surface area contributed by atoms with E-state index in [0.29, 0.717) is 0 Å². The van der Waals surface area contributed by atoms with Crippen molar-refractivity contribution in [3.63, 3.8) is 0 Å². The maximum Gasteiger partial charge on any atom is 0.0593 e. The number of nitrogens with one attached hydrogen (secondary N) is 1. The van der Waals surface area contributed by atoms with E-state index in [9.17, 15) is 0 Å². The zero-order chi connectivity index (χ0) is 9.94. The summed E-state index contributed by atoms with van der Waals surface area (Å²) in [6.07, 6.45) is 0. The summed E-state index contributed by atoms with van der Waals surface area (Å²) in [5, 5.41) is 3.32. The Balaban J connectivity index is 3.28. The zero-order valence-corrected chi connectivity index (χ0v) is 9.31. The molecule has 0 aromatic carbocycles. The van der Waals surface area contributed by atoms with E-state index in [1.165, 1.54) is 0 Å². The van der Waals surface area contributed by atoms with Gasteiger partial charge in [0.1, 0.15) is 0 Å². The molecule has 0 unspecified atom stereocenters. The molecule has 0 saturated heterocycles. The molecular weight excluding hydrogens is 164 g/mol. The molecule has 3 heteroatoms. The number of nitrogens with zero attached hydrogens (tertiary/aromatic N) is 1. The topological polar surface area (TPSA) is 24.5 Å². The maximum absolute atomic E-state index is 5.31. The summed E-state index contributed by atoms with van der Waals surface area (Å²) in [5.74, 6) is 0. The van der Waals surface area contributed by atoms with Gasteiger partial charge in [0.05, 0.1) is 6.61 Å². The molecule has 0 amide bonds. The molecule has 3 nitrogen and oxygen atoms in total. The standard InChI is InChI=1S/C10H24N2O/c1-4-11-7-8-12(5-2)9-10-13-6-3/h11H,4-10H2,1-3H3. The highest BCUT2D eigenvalue weighted by Crippen LogP contribution is 1.86. The third-order valence-electron chi connectivity index (χ3n) is 2.06. The molecule has 0 heterocycles. The summed E-state index contributed by atoms with van der Waals surface area (Å²) < 4.78 is 5.31. The van der Waals surface area contributed by atoms with Crippen molar-refractivity contribution < 1.29 is 4.74 Å². The van der Waals surface area contributed by atoms with Gasteiger partial charge in [0.25, 0.3) is 0 Å². The molecule has 0 aliphatic rings. The van der Waals surface area contributed by atoms with Crippen molar-refractivity contribution in [2.75, 3.05) is 45.9 Å². The predicted octanol–water partition coefficient (Wildman–Crippen LogP) is 0.954. The smallest absolute Gasteiger partial charge is 0.0593 e. The van der Waals surface area contributed by atoms with Crippen LogP contribution in [0.1, 0.15) is 20.8 Å². The van der Waals surface area contributed by atoms with Crippen LogP contribution in [0.25, 0.3) is 0 Å². The van der Waals surface area contributed by atoms with Crippen molar-refractivity contribution in [3.05, 3.63) is 0 Å². The molecular formula is C10H24N2O. The predicted molar refractivity (Wildman–Crippen MR) is 57.2 cm³/mol. The van der Waals surface area contributed by atoms with Crippen LogP contribution in [0.4, 0.5) is 0 Å². The lowest BCUT2D eigenvalue weighted by Crippen LogP contribution is -2.34. The third-order valence-corrected chi connectivity index (χ3v) is 2.06. The van der Waals surface area contributed by atoms with Gasteiger partial charge in [0.15, 0.2) is 0 Å². The minimum absolute atomic E-state index is 0.824. The summed E-state index contributed by atoms with van der Waals surface area (Å²) in [6, 6.07) is 0. The lowest BCUT2D eigenvalue weighted by Gasteiger charge is -2.19. The number of hydrogen-bond acceptors (Lipinski definition) is 3. The van der Waals surface area contributed by atoms with Crippen molar-refractivity contribution in [2.45, 2.75) is 20.8 Å². The van der Waals surface area contributed by atoms with E-state index in [2.05, 4.69) is 24.1 Å². The number of hydrogen-bond donors (Lipinski definition) is 1. The maximum atomic E-state index is 5.31. The van der Waals surface area contributed by atoms with Gasteiger partial charge < -0.3 is 15.0 Å². The van der Waals surface area contributed by atoms with Gasteiger partial charge in [-0.3, -0.25) is 0 Å². The molecule has 0 saturated carbocycles. The quantitative estimate of drug-likeness (QED) is 0.545. The van der Waals surface area contributed by atoms with Crippen LogP contribution < -0.4 is 5.32 Å². The monoisotopic (exact) mass is 188 g/mol. The zero-order valence-electron chi connectivity index (χ0n) is 9.31. The van der Waals surface area contributed by atoms with Crippen LogP contribution in [0, 0.1) is 0 Å². The molecule has 0 aliphatic heterocycles. The second-order valence-corrected chi connectivity index (χ2v) is 2.98. The second kappa shape index (κ2) is 9.96. The van der Waals surface area contributed by atoms with Crippen molar-refractivity contribution >= 4 is 0 Å². The molecule has 0 spiro atoms. The van der Waals surface area contributed by atoms with Gasteiger partial charge in [-0.1, -0.05) is 13.8 Å². The molecule has 0 aromatic rings. The molecule has 0 fully saturated rings. The van der Waals surface area contributed by atoms with Gasteiger partial charge in [-0.15, -0.1) is 0 Å². The summed E-state index contributed by atoms with van der Waals surface area (Å²) >= 11 is 0. The Morgan fingerprint density at radius 2 is 1.92 bits per heavy atom.